The van der Waals surface area contributed by atoms with Gasteiger partial charge in [-0.2, -0.15) is 0 Å². The van der Waals surface area contributed by atoms with Crippen LogP contribution in [-0.4, -0.2) is 4.98 Å². The van der Waals surface area contributed by atoms with Gasteiger partial charge in [-0.25, -0.2) is 4.98 Å². The summed E-state index contributed by atoms with van der Waals surface area (Å²) in [6.07, 6.45) is 0. The van der Waals surface area contributed by atoms with Crippen LogP contribution in [0.3, 0.4) is 0 Å². The molecule has 2 rings (SSSR count). The molecule has 0 saturated carbocycles. The Kier molecular flexibility index (Phi) is 4.96. The van der Waals surface area contributed by atoms with Gasteiger partial charge in [0.05, 0.1) is 21.4 Å². The third-order valence-electron chi connectivity index (χ3n) is 2.65. The molecule has 0 aliphatic carbocycles. The van der Waals surface area contributed by atoms with Gasteiger partial charge in [-0.05, 0) is 47.1 Å². The fraction of sp³-hybridized carbons (Fsp3) is 0.154. The first-order valence-corrected chi connectivity index (χ1v) is 7.41. The standard InChI is InChI=1S/C13H10BrCl3N2/c1-7-11(4-5-12(14)19-7)18-6-8-9(15)2-3-10(16)13(8)17/h2-5,18H,6H2,1H3. The number of nitrogens with zero attached hydrogens (tertiary/aromatic N) is 1. The number of hydrogen-bond donors (Lipinski definition) is 1. The fourth-order valence-corrected chi connectivity index (χ4v) is 2.71. The molecular weight excluding hydrogens is 370 g/mol. The van der Waals surface area contributed by atoms with E-state index in [9.17, 15) is 0 Å². The number of hydrogen-bond acceptors (Lipinski definition) is 2. The van der Waals surface area contributed by atoms with E-state index < -0.39 is 0 Å². The molecule has 0 spiro atoms. The first kappa shape index (κ1) is 14.9. The second-order valence-corrected chi connectivity index (χ2v) is 5.95. The van der Waals surface area contributed by atoms with Gasteiger partial charge in [0.15, 0.2) is 0 Å². The lowest BCUT2D eigenvalue weighted by Gasteiger charge is -2.12. The molecule has 2 nitrogen and oxygen atoms in total. The first-order chi connectivity index (χ1) is 8.99. The summed E-state index contributed by atoms with van der Waals surface area (Å²) >= 11 is 21.6. The zero-order valence-electron chi connectivity index (χ0n) is 9.98. The highest BCUT2D eigenvalue weighted by Crippen LogP contribution is 2.32. The summed E-state index contributed by atoms with van der Waals surface area (Å²) < 4.78 is 0.800. The van der Waals surface area contributed by atoms with E-state index >= 15 is 0 Å². The lowest BCUT2D eigenvalue weighted by molar-refractivity contribution is 1.10. The van der Waals surface area contributed by atoms with E-state index in [0.717, 1.165) is 21.5 Å². The Labute approximate surface area is 135 Å². The highest BCUT2D eigenvalue weighted by Gasteiger charge is 2.10. The van der Waals surface area contributed by atoms with Crippen molar-refractivity contribution >= 4 is 56.4 Å². The van der Waals surface area contributed by atoms with E-state index in [-0.39, 0.29) is 0 Å². The normalized spacial score (nSPS) is 10.6. The van der Waals surface area contributed by atoms with Crippen LogP contribution in [0, 0.1) is 6.92 Å². The van der Waals surface area contributed by atoms with Gasteiger partial charge in [-0.15, -0.1) is 0 Å². The number of aryl methyl sites for hydroxylation is 1. The molecule has 0 amide bonds. The van der Waals surface area contributed by atoms with Gasteiger partial charge in [0.1, 0.15) is 4.60 Å². The van der Waals surface area contributed by atoms with Crippen LogP contribution in [0.15, 0.2) is 28.9 Å². The summed E-state index contributed by atoms with van der Waals surface area (Å²) in [7, 11) is 0. The minimum Gasteiger partial charge on any atom is -0.379 e. The van der Waals surface area contributed by atoms with Crippen molar-refractivity contribution in [2.45, 2.75) is 13.5 Å². The van der Waals surface area contributed by atoms with Gasteiger partial charge in [0.2, 0.25) is 0 Å². The van der Waals surface area contributed by atoms with Crippen molar-refractivity contribution in [3.8, 4) is 0 Å². The Balaban J connectivity index is 2.21. The molecular formula is C13H10BrCl3N2. The zero-order valence-corrected chi connectivity index (χ0v) is 13.8. The van der Waals surface area contributed by atoms with Crippen LogP contribution < -0.4 is 5.32 Å². The minimum atomic E-state index is 0.476. The Morgan fingerprint density at radius 2 is 1.79 bits per heavy atom. The molecule has 0 radical (unpaired) electrons. The van der Waals surface area contributed by atoms with Crippen LogP contribution in [0.2, 0.25) is 15.1 Å². The summed E-state index contributed by atoms with van der Waals surface area (Å²) in [4.78, 5) is 4.31. The van der Waals surface area contributed by atoms with Crippen molar-refractivity contribution in [2.24, 2.45) is 0 Å². The van der Waals surface area contributed by atoms with Crippen LogP contribution in [0.4, 0.5) is 5.69 Å². The van der Waals surface area contributed by atoms with Crippen LogP contribution >= 0.6 is 50.7 Å². The van der Waals surface area contributed by atoms with Crippen molar-refractivity contribution < 1.29 is 0 Å². The quantitative estimate of drug-likeness (QED) is 0.544. The molecule has 0 aliphatic rings. The van der Waals surface area contributed by atoms with E-state index in [2.05, 4.69) is 26.2 Å². The number of halogens is 4. The van der Waals surface area contributed by atoms with E-state index in [1.165, 1.54) is 0 Å². The smallest absolute Gasteiger partial charge is 0.106 e. The molecule has 100 valence electrons. The summed E-state index contributed by atoms with van der Waals surface area (Å²) in [6.45, 7) is 2.41. The molecule has 0 unspecified atom stereocenters. The number of rotatable bonds is 3. The SMILES string of the molecule is Cc1nc(Br)ccc1NCc1c(Cl)ccc(Cl)c1Cl. The Morgan fingerprint density at radius 1 is 1.11 bits per heavy atom. The summed E-state index contributed by atoms with van der Waals surface area (Å²) in [5, 5.41) is 4.81. The van der Waals surface area contributed by atoms with Gasteiger partial charge in [-0.1, -0.05) is 34.8 Å². The summed E-state index contributed by atoms with van der Waals surface area (Å²) in [5.41, 5.74) is 2.59. The van der Waals surface area contributed by atoms with Crippen LogP contribution in [0.5, 0.6) is 0 Å². The maximum atomic E-state index is 6.15. The van der Waals surface area contributed by atoms with Crippen LogP contribution in [0.25, 0.3) is 0 Å². The minimum absolute atomic E-state index is 0.476. The molecule has 1 N–H and O–H groups in total. The predicted octanol–water partition coefficient (Wildman–Crippen LogP) is 5.72. The van der Waals surface area contributed by atoms with Gasteiger partial charge < -0.3 is 5.32 Å². The van der Waals surface area contributed by atoms with Gasteiger partial charge >= 0.3 is 0 Å². The maximum absolute atomic E-state index is 6.15. The maximum Gasteiger partial charge on any atom is 0.106 e. The molecule has 0 fully saturated rings. The van der Waals surface area contributed by atoms with E-state index in [1.807, 2.05) is 19.1 Å². The molecule has 0 bridgehead atoms. The topological polar surface area (TPSA) is 24.9 Å². The number of aromatic nitrogens is 1. The molecule has 6 heteroatoms. The van der Waals surface area contributed by atoms with Crippen molar-refractivity contribution in [1.82, 2.24) is 4.98 Å². The van der Waals surface area contributed by atoms with Crippen molar-refractivity contribution in [1.29, 1.82) is 0 Å². The second-order valence-electron chi connectivity index (χ2n) is 3.94. The third-order valence-corrected chi connectivity index (χ3v) is 4.29. The van der Waals surface area contributed by atoms with Crippen molar-refractivity contribution in [3.05, 3.63) is 55.2 Å². The predicted molar refractivity (Wildman–Crippen MR) is 85.5 cm³/mol. The Hall–Kier alpha value is -0.480. The van der Waals surface area contributed by atoms with Crippen molar-refractivity contribution in [2.75, 3.05) is 5.32 Å². The molecule has 0 aliphatic heterocycles. The largest absolute Gasteiger partial charge is 0.379 e. The number of anilines is 1. The average molecular weight is 381 g/mol. The molecule has 1 heterocycles. The highest BCUT2D eigenvalue weighted by atomic mass is 79.9. The Bertz CT molecular complexity index is 617. The number of pyridine rings is 1. The fourth-order valence-electron chi connectivity index (χ4n) is 1.63. The molecule has 0 atom stereocenters. The summed E-state index contributed by atoms with van der Waals surface area (Å²) in [6, 6.07) is 7.23. The number of benzene rings is 1. The van der Waals surface area contributed by atoms with Gasteiger partial charge in [-0.3, -0.25) is 0 Å². The van der Waals surface area contributed by atoms with Crippen LogP contribution in [-0.2, 0) is 6.54 Å². The van der Waals surface area contributed by atoms with Gasteiger partial charge in [0, 0.05) is 17.1 Å². The molecule has 2 aromatic rings. The Morgan fingerprint density at radius 3 is 2.47 bits per heavy atom. The summed E-state index contributed by atoms with van der Waals surface area (Å²) in [5.74, 6) is 0. The van der Waals surface area contributed by atoms with Gasteiger partial charge in [0.25, 0.3) is 0 Å². The molecule has 0 saturated heterocycles. The first-order valence-electron chi connectivity index (χ1n) is 5.48. The van der Waals surface area contributed by atoms with E-state index in [1.54, 1.807) is 12.1 Å². The van der Waals surface area contributed by atoms with E-state index in [0.29, 0.717) is 21.6 Å². The zero-order chi connectivity index (χ0) is 14.0. The lowest BCUT2D eigenvalue weighted by Crippen LogP contribution is -2.03. The third kappa shape index (κ3) is 3.54. The van der Waals surface area contributed by atoms with E-state index in [4.69, 9.17) is 34.8 Å². The highest BCUT2D eigenvalue weighted by molar-refractivity contribution is 9.10. The average Bonchev–Trinajstić information content (AvgIpc) is 2.36. The lowest BCUT2D eigenvalue weighted by atomic mass is 10.2. The molecule has 19 heavy (non-hydrogen) atoms. The second kappa shape index (κ2) is 6.31. The number of nitrogens with one attached hydrogen (secondary N) is 1. The van der Waals surface area contributed by atoms with Crippen molar-refractivity contribution in [3.63, 3.8) is 0 Å². The molecule has 1 aromatic carbocycles. The monoisotopic (exact) mass is 378 g/mol. The molecule has 1 aromatic heterocycles. The van der Waals surface area contributed by atoms with Crippen LogP contribution in [0.1, 0.15) is 11.3 Å².